The van der Waals surface area contributed by atoms with Gasteiger partial charge in [0.05, 0.1) is 0 Å². The molecule has 0 radical (unpaired) electrons. The second kappa shape index (κ2) is 3.86. The molecule has 2 rings (SSSR count). The third-order valence-corrected chi connectivity index (χ3v) is 3.06. The van der Waals surface area contributed by atoms with Crippen LogP contribution in [0, 0.1) is 6.92 Å². The summed E-state index contributed by atoms with van der Waals surface area (Å²) in [5.74, 6) is 0. The summed E-state index contributed by atoms with van der Waals surface area (Å²) in [4.78, 5) is 9.49. The Balaban J connectivity index is 2.44. The van der Waals surface area contributed by atoms with Crippen LogP contribution in [0.4, 0.5) is 0 Å². The molecule has 4 heteroatoms. The molecule has 3 nitrogen and oxygen atoms in total. The summed E-state index contributed by atoms with van der Waals surface area (Å²) >= 11 is 1.64. The van der Waals surface area contributed by atoms with Gasteiger partial charge in [-0.15, -0.1) is 11.3 Å². The van der Waals surface area contributed by atoms with Gasteiger partial charge in [0.1, 0.15) is 5.01 Å². The van der Waals surface area contributed by atoms with Crippen molar-refractivity contribution >= 4 is 11.3 Å². The van der Waals surface area contributed by atoms with Crippen LogP contribution in [-0.2, 0) is 6.54 Å². The number of rotatable bonds is 2. The monoisotopic (exact) mass is 205 g/mol. The van der Waals surface area contributed by atoms with Crippen LogP contribution in [-0.4, -0.2) is 9.97 Å². The highest BCUT2D eigenvalue weighted by molar-refractivity contribution is 7.15. The molecule has 0 amide bonds. The summed E-state index contributed by atoms with van der Waals surface area (Å²) in [6.07, 6.45) is 5.46. The minimum atomic E-state index is 0.557. The van der Waals surface area contributed by atoms with E-state index < -0.39 is 0 Å². The third-order valence-electron chi connectivity index (χ3n) is 2.01. The lowest BCUT2D eigenvalue weighted by atomic mass is 10.2. The number of hydrogen-bond donors (Lipinski definition) is 1. The van der Waals surface area contributed by atoms with Crippen molar-refractivity contribution in [1.29, 1.82) is 0 Å². The number of aromatic nitrogens is 2. The van der Waals surface area contributed by atoms with Crippen LogP contribution < -0.4 is 5.73 Å². The van der Waals surface area contributed by atoms with Crippen molar-refractivity contribution in [1.82, 2.24) is 9.97 Å². The average Bonchev–Trinajstić information content (AvgIpc) is 2.67. The van der Waals surface area contributed by atoms with Gasteiger partial charge in [-0.05, 0) is 18.6 Å². The number of pyridine rings is 1. The normalized spacial score (nSPS) is 10.4. The van der Waals surface area contributed by atoms with Crippen molar-refractivity contribution in [2.75, 3.05) is 0 Å². The van der Waals surface area contributed by atoms with Crippen LogP contribution >= 0.6 is 11.3 Å². The topological polar surface area (TPSA) is 51.8 Å². The smallest absolute Gasteiger partial charge is 0.123 e. The lowest BCUT2D eigenvalue weighted by Gasteiger charge is -1.99. The fraction of sp³-hybridized carbons (Fsp3) is 0.200. The zero-order valence-corrected chi connectivity index (χ0v) is 8.71. The molecule has 0 aliphatic carbocycles. The molecule has 0 bridgehead atoms. The molecule has 0 aromatic carbocycles. The Labute approximate surface area is 86.6 Å². The molecule has 0 aliphatic rings. The molecule has 2 aromatic heterocycles. The first-order chi connectivity index (χ1) is 6.81. The molecule has 72 valence electrons. The van der Waals surface area contributed by atoms with Gasteiger partial charge >= 0.3 is 0 Å². The molecule has 14 heavy (non-hydrogen) atoms. The first kappa shape index (κ1) is 9.30. The fourth-order valence-electron chi connectivity index (χ4n) is 1.24. The molecule has 2 N–H and O–H groups in total. The molecule has 0 unspecified atom stereocenters. The van der Waals surface area contributed by atoms with Crippen molar-refractivity contribution in [2.45, 2.75) is 13.5 Å². The summed E-state index contributed by atoms with van der Waals surface area (Å²) in [7, 11) is 0. The first-order valence-electron chi connectivity index (χ1n) is 4.37. The summed E-state index contributed by atoms with van der Waals surface area (Å²) in [5.41, 5.74) is 7.82. The van der Waals surface area contributed by atoms with Gasteiger partial charge in [0, 0.05) is 35.6 Å². The van der Waals surface area contributed by atoms with Crippen molar-refractivity contribution in [3.8, 4) is 10.6 Å². The van der Waals surface area contributed by atoms with Crippen LogP contribution in [0.15, 0.2) is 24.7 Å². The highest BCUT2D eigenvalue weighted by Gasteiger charge is 2.05. The van der Waals surface area contributed by atoms with E-state index in [0.717, 1.165) is 21.0 Å². The number of aryl methyl sites for hydroxylation is 1. The molecule has 0 aliphatic heterocycles. The zero-order chi connectivity index (χ0) is 9.97. The molecule has 0 saturated carbocycles. The second-order valence-corrected chi connectivity index (χ2v) is 4.14. The van der Waals surface area contributed by atoms with Crippen molar-refractivity contribution in [3.05, 3.63) is 35.1 Å². The first-order valence-corrected chi connectivity index (χ1v) is 5.18. The Morgan fingerprint density at radius 2 is 2.29 bits per heavy atom. The van der Waals surface area contributed by atoms with Gasteiger partial charge in [0.25, 0.3) is 0 Å². The SMILES string of the molecule is Cc1cnccc1-c1ncc(CN)s1. The minimum Gasteiger partial charge on any atom is -0.326 e. The van der Waals surface area contributed by atoms with E-state index in [1.807, 2.05) is 25.4 Å². The predicted molar refractivity (Wildman–Crippen MR) is 58.0 cm³/mol. The summed E-state index contributed by atoms with van der Waals surface area (Å²) in [5, 5.41) is 1.02. The lowest BCUT2D eigenvalue weighted by Crippen LogP contribution is -1.91. The van der Waals surface area contributed by atoms with Gasteiger partial charge in [-0.1, -0.05) is 0 Å². The Morgan fingerprint density at radius 1 is 1.43 bits per heavy atom. The van der Waals surface area contributed by atoms with Gasteiger partial charge in [-0.2, -0.15) is 0 Å². The van der Waals surface area contributed by atoms with Crippen LogP contribution in [0.5, 0.6) is 0 Å². The van der Waals surface area contributed by atoms with Crippen LogP contribution in [0.2, 0.25) is 0 Å². The quantitative estimate of drug-likeness (QED) is 0.815. The van der Waals surface area contributed by atoms with Crippen LogP contribution in [0.1, 0.15) is 10.4 Å². The third kappa shape index (κ3) is 1.66. The minimum absolute atomic E-state index is 0.557. The van der Waals surface area contributed by atoms with Gasteiger partial charge in [0.15, 0.2) is 0 Å². The van der Waals surface area contributed by atoms with Crippen LogP contribution in [0.25, 0.3) is 10.6 Å². The maximum Gasteiger partial charge on any atom is 0.123 e. The predicted octanol–water partition coefficient (Wildman–Crippen LogP) is 1.97. The van der Waals surface area contributed by atoms with E-state index in [1.165, 1.54) is 0 Å². The van der Waals surface area contributed by atoms with E-state index in [9.17, 15) is 0 Å². The van der Waals surface area contributed by atoms with E-state index in [-0.39, 0.29) is 0 Å². The maximum absolute atomic E-state index is 5.54. The van der Waals surface area contributed by atoms with E-state index in [0.29, 0.717) is 6.54 Å². The summed E-state index contributed by atoms with van der Waals surface area (Å²) in [6, 6.07) is 1.98. The van der Waals surface area contributed by atoms with E-state index in [2.05, 4.69) is 9.97 Å². The van der Waals surface area contributed by atoms with Gasteiger partial charge in [-0.3, -0.25) is 4.98 Å². The van der Waals surface area contributed by atoms with Crippen molar-refractivity contribution < 1.29 is 0 Å². The number of hydrogen-bond acceptors (Lipinski definition) is 4. The van der Waals surface area contributed by atoms with Crippen molar-refractivity contribution in [3.63, 3.8) is 0 Å². The Bertz CT molecular complexity index is 436. The second-order valence-electron chi connectivity index (χ2n) is 3.03. The summed E-state index contributed by atoms with van der Waals surface area (Å²) in [6.45, 7) is 2.59. The molecule has 0 saturated heterocycles. The average molecular weight is 205 g/mol. The van der Waals surface area contributed by atoms with E-state index >= 15 is 0 Å². The summed E-state index contributed by atoms with van der Waals surface area (Å²) < 4.78 is 0. The van der Waals surface area contributed by atoms with Crippen molar-refractivity contribution in [2.24, 2.45) is 5.73 Å². The number of thiazole rings is 1. The highest BCUT2D eigenvalue weighted by atomic mass is 32.1. The Hall–Kier alpha value is -1.26. The molecule has 2 aromatic rings. The Kier molecular flexibility index (Phi) is 2.56. The van der Waals surface area contributed by atoms with E-state index in [4.69, 9.17) is 5.73 Å². The largest absolute Gasteiger partial charge is 0.326 e. The fourth-order valence-corrected chi connectivity index (χ4v) is 2.12. The number of nitrogens with zero attached hydrogens (tertiary/aromatic N) is 2. The molecular weight excluding hydrogens is 194 g/mol. The highest BCUT2D eigenvalue weighted by Crippen LogP contribution is 2.26. The lowest BCUT2D eigenvalue weighted by molar-refractivity contribution is 1.10. The standard InChI is InChI=1S/C10H11N3S/c1-7-5-12-3-2-9(7)10-13-6-8(4-11)14-10/h2-3,5-6H,4,11H2,1H3. The number of nitrogens with two attached hydrogens (primary N) is 1. The van der Waals surface area contributed by atoms with Gasteiger partial charge in [-0.25, -0.2) is 4.98 Å². The molecule has 0 fully saturated rings. The van der Waals surface area contributed by atoms with Crippen LogP contribution in [0.3, 0.4) is 0 Å². The Morgan fingerprint density at radius 3 is 2.93 bits per heavy atom. The molecule has 0 atom stereocenters. The molecular formula is C10H11N3S. The van der Waals surface area contributed by atoms with Gasteiger partial charge in [0.2, 0.25) is 0 Å². The molecule has 0 spiro atoms. The zero-order valence-electron chi connectivity index (χ0n) is 7.90. The molecule has 2 heterocycles. The van der Waals surface area contributed by atoms with Gasteiger partial charge < -0.3 is 5.73 Å². The maximum atomic E-state index is 5.54. The van der Waals surface area contributed by atoms with E-state index in [1.54, 1.807) is 17.5 Å².